The maximum Gasteiger partial charge on any atom is 0.287 e. The highest BCUT2D eigenvalue weighted by Gasteiger charge is 2.21. The molecule has 1 atom stereocenters. The molecule has 0 saturated carbocycles. The zero-order valence-corrected chi connectivity index (χ0v) is 19.4. The number of aromatic nitrogens is 3. The topological polar surface area (TPSA) is 84.2 Å². The van der Waals surface area contributed by atoms with Gasteiger partial charge in [-0.05, 0) is 62.4 Å². The summed E-state index contributed by atoms with van der Waals surface area (Å²) in [6.07, 6.45) is 7.96. The van der Waals surface area contributed by atoms with Gasteiger partial charge in [0, 0.05) is 43.3 Å². The molecule has 1 saturated heterocycles. The van der Waals surface area contributed by atoms with E-state index in [0.29, 0.717) is 24.1 Å². The maximum atomic E-state index is 12.4. The Labute approximate surface area is 193 Å². The van der Waals surface area contributed by atoms with Crippen LogP contribution >= 0.6 is 11.8 Å². The average molecular weight is 452 g/mol. The van der Waals surface area contributed by atoms with E-state index in [-0.39, 0.29) is 5.91 Å². The molecular weight excluding hydrogens is 422 g/mol. The Kier molecular flexibility index (Phi) is 7.42. The van der Waals surface area contributed by atoms with Crippen LogP contribution in [-0.2, 0) is 18.7 Å². The summed E-state index contributed by atoms with van der Waals surface area (Å²) in [6, 6.07) is 9.90. The van der Waals surface area contributed by atoms with Crippen LogP contribution in [0.1, 0.15) is 60.7 Å². The van der Waals surface area contributed by atoms with Gasteiger partial charge in [0.15, 0.2) is 10.9 Å². The van der Waals surface area contributed by atoms with Crippen LogP contribution in [0.15, 0.2) is 52.3 Å². The van der Waals surface area contributed by atoms with Crippen molar-refractivity contribution in [2.75, 3.05) is 11.4 Å². The molecule has 1 unspecified atom stereocenters. The number of hydrogen-bond donors (Lipinski definition) is 1. The Morgan fingerprint density at radius 2 is 2.06 bits per heavy atom. The van der Waals surface area contributed by atoms with Gasteiger partial charge in [0.1, 0.15) is 11.6 Å². The Balaban J connectivity index is 1.38. The first kappa shape index (κ1) is 22.3. The predicted octanol–water partition coefficient (Wildman–Crippen LogP) is 4.63. The summed E-state index contributed by atoms with van der Waals surface area (Å²) in [5.41, 5.74) is 2.04. The van der Waals surface area contributed by atoms with E-state index in [0.717, 1.165) is 41.0 Å². The summed E-state index contributed by atoms with van der Waals surface area (Å²) in [4.78, 5) is 28.3. The number of piperidine rings is 1. The molecule has 7 nitrogen and oxygen atoms in total. The van der Waals surface area contributed by atoms with E-state index in [4.69, 9.17) is 14.4 Å². The molecule has 1 N–H and O–H groups in total. The van der Waals surface area contributed by atoms with E-state index in [1.54, 1.807) is 18.5 Å². The predicted molar refractivity (Wildman–Crippen MR) is 126 cm³/mol. The van der Waals surface area contributed by atoms with Crippen LogP contribution in [-0.4, -0.2) is 33.4 Å². The zero-order valence-electron chi connectivity index (χ0n) is 18.6. The fraction of sp³-hybridized carbons (Fsp3) is 0.417. The molecule has 1 aliphatic rings. The van der Waals surface area contributed by atoms with Crippen molar-refractivity contribution in [2.24, 2.45) is 0 Å². The van der Waals surface area contributed by atoms with Crippen molar-refractivity contribution in [3.63, 3.8) is 0 Å². The lowest BCUT2D eigenvalue weighted by atomic mass is 10.0. The van der Waals surface area contributed by atoms with Gasteiger partial charge >= 0.3 is 0 Å². The molecule has 0 bridgehead atoms. The first-order valence-corrected chi connectivity index (χ1v) is 12.1. The highest BCUT2D eigenvalue weighted by atomic mass is 32.2. The fourth-order valence-electron chi connectivity index (χ4n) is 3.77. The van der Waals surface area contributed by atoms with Crippen molar-refractivity contribution >= 4 is 23.5 Å². The van der Waals surface area contributed by atoms with E-state index in [9.17, 15) is 4.79 Å². The summed E-state index contributed by atoms with van der Waals surface area (Å²) in [6.45, 7) is 5.86. The minimum Gasteiger partial charge on any atom is -0.455 e. The fourth-order valence-corrected chi connectivity index (χ4v) is 4.54. The van der Waals surface area contributed by atoms with Gasteiger partial charge < -0.3 is 14.6 Å². The number of nitrogens with zero attached hydrogens (tertiary/aromatic N) is 4. The molecule has 3 aromatic heterocycles. The smallest absolute Gasteiger partial charge is 0.287 e. The molecule has 0 spiro atoms. The zero-order chi connectivity index (χ0) is 22.3. The minimum atomic E-state index is -0.233. The number of rotatable bonds is 8. The van der Waals surface area contributed by atoms with Gasteiger partial charge in [-0.25, -0.2) is 9.97 Å². The number of amides is 1. The third kappa shape index (κ3) is 5.68. The summed E-state index contributed by atoms with van der Waals surface area (Å²) in [5, 5.41) is 3.62. The molecule has 1 fully saturated rings. The Morgan fingerprint density at radius 3 is 2.84 bits per heavy atom. The number of hydrogen-bond acceptors (Lipinski definition) is 7. The van der Waals surface area contributed by atoms with Crippen LogP contribution in [0.4, 0.5) is 5.82 Å². The normalized spacial score (nSPS) is 16.2. The quantitative estimate of drug-likeness (QED) is 0.395. The number of thioether (sulfide) groups is 1. The lowest BCUT2D eigenvalue weighted by molar-refractivity contribution is 0.0921. The third-order valence-corrected chi connectivity index (χ3v) is 6.51. The Hall–Kier alpha value is -2.87. The van der Waals surface area contributed by atoms with Crippen molar-refractivity contribution < 1.29 is 9.21 Å². The molecule has 0 aromatic carbocycles. The van der Waals surface area contributed by atoms with Crippen molar-refractivity contribution in [3.05, 3.63) is 65.5 Å². The summed E-state index contributed by atoms with van der Waals surface area (Å²) >= 11 is 1.54. The van der Waals surface area contributed by atoms with Crippen molar-refractivity contribution in [1.82, 2.24) is 20.3 Å². The number of carbonyl (C=O) groups is 1. The van der Waals surface area contributed by atoms with Gasteiger partial charge in [-0.2, -0.15) is 0 Å². The number of anilines is 1. The van der Waals surface area contributed by atoms with Gasteiger partial charge in [-0.15, -0.1) is 0 Å². The van der Waals surface area contributed by atoms with Crippen LogP contribution in [0.5, 0.6) is 0 Å². The van der Waals surface area contributed by atoms with E-state index in [2.05, 4.69) is 35.1 Å². The molecule has 1 amide bonds. The van der Waals surface area contributed by atoms with E-state index in [1.165, 1.54) is 31.0 Å². The number of nitrogens with one attached hydrogen (secondary N) is 1. The lowest BCUT2D eigenvalue weighted by Gasteiger charge is -2.34. The highest BCUT2D eigenvalue weighted by Crippen LogP contribution is 2.27. The molecule has 8 heteroatoms. The van der Waals surface area contributed by atoms with Crippen LogP contribution in [0, 0.1) is 0 Å². The summed E-state index contributed by atoms with van der Waals surface area (Å²) in [5.74, 6) is 2.38. The van der Waals surface area contributed by atoms with Gasteiger partial charge in [0.05, 0.1) is 5.75 Å². The monoisotopic (exact) mass is 451 g/mol. The van der Waals surface area contributed by atoms with Gasteiger partial charge in [0.25, 0.3) is 5.91 Å². The Bertz CT molecular complexity index is 1040. The van der Waals surface area contributed by atoms with Gasteiger partial charge in [-0.1, -0.05) is 18.7 Å². The number of carbonyl (C=O) groups excluding carboxylic acids is 1. The number of aryl methyl sites for hydroxylation is 1. The summed E-state index contributed by atoms with van der Waals surface area (Å²) in [7, 11) is 0. The van der Waals surface area contributed by atoms with Crippen molar-refractivity contribution in [2.45, 2.75) is 63.0 Å². The molecule has 4 rings (SSSR count). The molecule has 1 aliphatic heterocycles. The largest absolute Gasteiger partial charge is 0.455 e. The van der Waals surface area contributed by atoms with E-state index in [1.807, 2.05) is 18.2 Å². The second-order valence-electron chi connectivity index (χ2n) is 7.98. The molecule has 4 heterocycles. The first-order chi connectivity index (χ1) is 15.6. The van der Waals surface area contributed by atoms with Gasteiger partial charge in [0.2, 0.25) is 0 Å². The van der Waals surface area contributed by atoms with Gasteiger partial charge in [-0.3, -0.25) is 9.78 Å². The highest BCUT2D eigenvalue weighted by molar-refractivity contribution is 7.98. The average Bonchev–Trinajstić information content (AvgIpc) is 3.31. The standard InChI is InChI=1S/C24H29N5O2S/c1-3-19-14-22(29-13-5-4-6-17(29)2)28-24(27-19)32-16-20-7-8-21(31-20)23(30)26-15-18-9-11-25-12-10-18/h7-12,14,17H,3-6,13,15-16H2,1-2H3,(H,26,30). The minimum absolute atomic E-state index is 0.233. The second-order valence-corrected chi connectivity index (χ2v) is 8.93. The van der Waals surface area contributed by atoms with Crippen LogP contribution in [0.2, 0.25) is 0 Å². The molecule has 32 heavy (non-hydrogen) atoms. The molecule has 0 radical (unpaired) electrons. The SMILES string of the molecule is CCc1cc(N2CCCCC2C)nc(SCc2ccc(C(=O)NCc3ccncc3)o2)n1. The van der Waals surface area contributed by atoms with E-state index < -0.39 is 0 Å². The molecule has 168 valence electrons. The summed E-state index contributed by atoms with van der Waals surface area (Å²) < 4.78 is 5.76. The second kappa shape index (κ2) is 10.6. The van der Waals surface area contributed by atoms with Crippen LogP contribution in [0.3, 0.4) is 0 Å². The first-order valence-electron chi connectivity index (χ1n) is 11.2. The van der Waals surface area contributed by atoms with Crippen molar-refractivity contribution in [1.29, 1.82) is 0 Å². The van der Waals surface area contributed by atoms with Crippen LogP contribution < -0.4 is 10.2 Å². The molecular formula is C24H29N5O2S. The third-order valence-electron chi connectivity index (χ3n) is 5.64. The molecule has 0 aliphatic carbocycles. The van der Waals surface area contributed by atoms with E-state index >= 15 is 0 Å². The number of furan rings is 1. The van der Waals surface area contributed by atoms with Crippen LogP contribution in [0.25, 0.3) is 0 Å². The molecule has 3 aromatic rings. The number of pyridine rings is 1. The van der Waals surface area contributed by atoms with Crippen molar-refractivity contribution in [3.8, 4) is 0 Å². The Morgan fingerprint density at radius 1 is 1.22 bits per heavy atom. The maximum absolute atomic E-state index is 12.4. The lowest BCUT2D eigenvalue weighted by Crippen LogP contribution is -2.38.